The SMILES string of the molecule is CCOc1ccc(OCC)c(N(Cl)C(=O)C(N=Nc2c(Cl)ccc(OCC)c2OCC)C(C)=O)c1. The van der Waals surface area contributed by atoms with Gasteiger partial charge in [0.15, 0.2) is 17.3 Å². The van der Waals surface area contributed by atoms with Crippen LogP contribution < -0.4 is 23.4 Å². The Morgan fingerprint density at radius 2 is 1.51 bits per heavy atom. The predicted octanol–water partition coefficient (Wildman–Crippen LogP) is 6.16. The lowest BCUT2D eigenvalue weighted by Gasteiger charge is -2.20. The van der Waals surface area contributed by atoms with E-state index in [4.69, 9.17) is 42.3 Å². The second-order valence-corrected chi connectivity index (χ2v) is 7.68. The minimum Gasteiger partial charge on any atom is -0.494 e. The van der Waals surface area contributed by atoms with Crippen molar-refractivity contribution in [2.75, 3.05) is 30.8 Å². The van der Waals surface area contributed by atoms with E-state index in [2.05, 4.69) is 10.2 Å². The van der Waals surface area contributed by atoms with Crippen molar-refractivity contribution in [3.8, 4) is 23.0 Å². The highest BCUT2D eigenvalue weighted by Gasteiger charge is 2.31. The standard InChI is InChI=1S/C24H29Cl2N3O6/c1-6-32-16-10-12-19(33-7-2)18(14-16)29(26)24(31)21(15(5)30)27-28-22-17(25)11-13-20(34-8-3)23(22)35-9-4/h10-14,21H,6-9H2,1-5H3. The van der Waals surface area contributed by atoms with Crippen molar-refractivity contribution in [1.82, 2.24) is 0 Å². The van der Waals surface area contributed by atoms with Gasteiger partial charge in [-0.05, 0) is 58.9 Å². The quantitative estimate of drug-likeness (QED) is 0.176. The lowest BCUT2D eigenvalue weighted by molar-refractivity contribution is -0.126. The Morgan fingerprint density at radius 1 is 0.914 bits per heavy atom. The normalized spacial score (nSPS) is 11.7. The van der Waals surface area contributed by atoms with Gasteiger partial charge in [0.1, 0.15) is 22.9 Å². The molecule has 190 valence electrons. The number of azo groups is 1. The Labute approximate surface area is 215 Å². The van der Waals surface area contributed by atoms with Gasteiger partial charge in [0, 0.05) is 17.8 Å². The molecule has 2 aromatic rings. The Bertz CT molecular complexity index is 1060. The Morgan fingerprint density at radius 3 is 2.11 bits per heavy atom. The number of hydrogen-bond acceptors (Lipinski definition) is 8. The van der Waals surface area contributed by atoms with Gasteiger partial charge in [-0.2, -0.15) is 5.11 Å². The van der Waals surface area contributed by atoms with Crippen molar-refractivity contribution in [3.63, 3.8) is 0 Å². The van der Waals surface area contributed by atoms with E-state index in [0.717, 1.165) is 4.42 Å². The van der Waals surface area contributed by atoms with Gasteiger partial charge < -0.3 is 18.9 Å². The maximum atomic E-state index is 13.2. The summed E-state index contributed by atoms with van der Waals surface area (Å²) < 4.78 is 23.1. The fourth-order valence-corrected chi connectivity index (χ4v) is 3.42. The first-order chi connectivity index (χ1) is 16.8. The highest BCUT2D eigenvalue weighted by Crippen LogP contribution is 2.43. The number of ketones is 1. The number of carbonyl (C=O) groups is 2. The van der Waals surface area contributed by atoms with Gasteiger partial charge in [-0.25, -0.2) is 4.42 Å². The smallest absolute Gasteiger partial charge is 0.276 e. The number of rotatable bonds is 13. The van der Waals surface area contributed by atoms with Gasteiger partial charge in [-0.3, -0.25) is 9.59 Å². The molecule has 0 spiro atoms. The second kappa shape index (κ2) is 13.7. The fraction of sp³-hybridized carbons (Fsp3) is 0.417. The van der Waals surface area contributed by atoms with E-state index in [1.807, 2.05) is 13.8 Å². The van der Waals surface area contributed by atoms with Crippen molar-refractivity contribution in [2.45, 2.75) is 40.7 Å². The highest BCUT2D eigenvalue weighted by molar-refractivity contribution is 6.39. The van der Waals surface area contributed by atoms with Crippen LogP contribution in [0.3, 0.4) is 0 Å². The average Bonchev–Trinajstić information content (AvgIpc) is 2.83. The van der Waals surface area contributed by atoms with Crippen LogP contribution in [0.25, 0.3) is 0 Å². The zero-order valence-electron chi connectivity index (χ0n) is 20.3. The minimum absolute atomic E-state index is 0.132. The summed E-state index contributed by atoms with van der Waals surface area (Å²) in [5.41, 5.74) is 0.338. The van der Waals surface area contributed by atoms with E-state index >= 15 is 0 Å². The Hall–Kier alpha value is -3.04. The molecule has 0 aliphatic heterocycles. The maximum absolute atomic E-state index is 13.2. The molecule has 0 heterocycles. The summed E-state index contributed by atoms with van der Waals surface area (Å²) in [6.07, 6.45) is 0. The number of ether oxygens (including phenoxy) is 4. The van der Waals surface area contributed by atoms with Crippen LogP contribution in [-0.2, 0) is 9.59 Å². The second-order valence-electron chi connectivity index (χ2n) is 6.93. The number of amides is 1. The molecule has 0 saturated carbocycles. The highest BCUT2D eigenvalue weighted by atomic mass is 35.5. The van der Waals surface area contributed by atoms with Crippen LogP contribution >= 0.6 is 23.4 Å². The number of anilines is 1. The van der Waals surface area contributed by atoms with Crippen LogP contribution in [0.15, 0.2) is 40.6 Å². The first kappa shape index (κ1) is 28.2. The van der Waals surface area contributed by atoms with Crippen LogP contribution in [0.2, 0.25) is 5.02 Å². The summed E-state index contributed by atoms with van der Waals surface area (Å²) in [5, 5.41) is 8.29. The lowest BCUT2D eigenvalue weighted by atomic mass is 10.2. The van der Waals surface area contributed by atoms with E-state index in [-0.39, 0.29) is 22.1 Å². The zero-order chi connectivity index (χ0) is 26.0. The molecule has 9 nitrogen and oxygen atoms in total. The third kappa shape index (κ3) is 7.22. The number of carbonyl (C=O) groups excluding carboxylic acids is 2. The molecule has 1 atom stereocenters. The third-order valence-corrected chi connectivity index (χ3v) is 5.13. The summed E-state index contributed by atoms with van der Waals surface area (Å²) in [7, 11) is 0. The predicted molar refractivity (Wildman–Crippen MR) is 135 cm³/mol. The van der Waals surface area contributed by atoms with E-state index in [9.17, 15) is 9.59 Å². The number of nitrogens with zero attached hydrogens (tertiary/aromatic N) is 3. The van der Waals surface area contributed by atoms with Crippen LogP contribution in [-0.4, -0.2) is 44.2 Å². The van der Waals surface area contributed by atoms with Gasteiger partial charge in [-0.15, -0.1) is 5.11 Å². The van der Waals surface area contributed by atoms with Crippen LogP contribution in [0.1, 0.15) is 34.6 Å². The summed E-state index contributed by atoms with van der Waals surface area (Å²) in [4.78, 5) is 25.6. The van der Waals surface area contributed by atoms with Gasteiger partial charge in [0.05, 0.1) is 31.5 Å². The van der Waals surface area contributed by atoms with Crippen LogP contribution in [0.5, 0.6) is 23.0 Å². The number of benzene rings is 2. The molecule has 0 radical (unpaired) electrons. The summed E-state index contributed by atoms with van der Waals surface area (Å²) >= 11 is 12.7. The number of hydrogen-bond donors (Lipinski definition) is 0. The monoisotopic (exact) mass is 525 g/mol. The molecule has 0 N–H and O–H groups in total. The molecule has 11 heteroatoms. The summed E-state index contributed by atoms with van der Waals surface area (Å²) in [5.74, 6) is 0.0828. The molecule has 1 amide bonds. The molecule has 0 bridgehead atoms. The molecule has 0 aliphatic carbocycles. The fourth-order valence-electron chi connectivity index (χ4n) is 3.01. The number of halogens is 2. The molecule has 0 aromatic heterocycles. The first-order valence-corrected chi connectivity index (χ1v) is 11.9. The molecular weight excluding hydrogens is 497 g/mol. The Balaban J connectivity index is 2.46. The van der Waals surface area contributed by atoms with Gasteiger partial charge in [0.25, 0.3) is 5.91 Å². The third-order valence-electron chi connectivity index (χ3n) is 4.47. The molecule has 0 fully saturated rings. The van der Waals surface area contributed by atoms with Crippen molar-refractivity contribution in [1.29, 1.82) is 0 Å². The van der Waals surface area contributed by atoms with Crippen LogP contribution in [0, 0.1) is 0 Å². The van der Waals surface area contributed by atoms with Crippen molar-refractivity contribution >= 4 is 46.4 Å². The molecule has 0 aliphatic rings. The largest absolute Gasteiger partial charge is 0.494 e. The lowest BCUT2D eigenvalue weighted by Crippen LogP contribution is -2.36. The van der Waals surface area contributed by atoms with E-state index < -0.39 is 17.7 Å². The average molecular weight is 526 g/mol. The first-order valence-electron chi connectivity index (χ1n) is 11.2. The molecular formula is C24H29Cl2N3O6. The van der Waals surface area contributed by atoms with Crippen molar-refractivity contribution in [2.24, 2.45) is 10.2 Å². The molecule has 2 aromatic carbocycles. The molecule has 2 rings (SSSR count). The van der Waals surface area contributed by atoms with E-state index in [0.29, 0.717) is 43.7 Å². The van der Waals surface area contributed by atoms with E-state index in [1.165, 1.54) is 6.92 Å². The van der Waals surface area contributed by atoms with Crippen molar-refractivity contribution in [3.05, 3.63) is 35.4 Å². The summed E-state index contributed by atoms with van der Waals surface area (Å²) in [6.45, 7) is 9.90. The number of Topliss-reactive ketones (excluding diaryl/α,β-unsaturated/α-hetero) is 1. The van der Waals surface area contributed by atoms with E-state index in [1.54, 1.807) is 44.2 Å². The van der Waals surface area contributed by atoms with Crippen LogP contribution in [0.4, 0.5) is 11.4 Å². The topological polar surface area (TPSA) is 99.0 Å². The minimum atomic E-state index is -1.54. The van der Waals surface area contributed by atoms with Gasteiger partial charge >= 0.3 is 0 Å². The van der Waals surface area contributed by atoms with Gasteiger partial charge in [0.2, 0.25) is 6.04 Å². The summed E-state index contributed by atoms with van der Waals surface area (Å²) in [6, 6.07) is 6.53. The molecule has 0 saturated heterocycles. The molecule has 35 heavy (non-hydrogen) atoms. The van der Waals surface area contributed by atoms with Gasteiger partial charge in [-0.1, -0.05) is 11.6 Å². The molecule has 1 unspecified atom stereocenters. The zero-order valence-corrected chi connectivity index (χ0v) is 21.9. The maximum Gasteiger partial charge on any atom is 0.276 e. The van der Waals surface area contributed by atoms with Crippen molar-refractivity contribution < 1.29 is 28.5 Å². The Kier molecular flexibility index (Phi) is 11.1.